The third-order valence-corrected chi connectivity index (χ3v) is 6.80. The first-order valence-electron chi connectivity index (χ1n) is 13.0. The molecule has 0 aromatic heterocycles. The highest BCUT2D eigenvalue weighted by Crippen LogP contribution is 2.40. The molecule has 3 aromatic rings. The molecule has 2 aliphatic heterocycles. The number of hydrogen-bond acceptors (Lipinski definition) is 6. The number of nitrogens with zero attached hydrogens (tertiary/aromatic N) is 1. The summed E-state index contributed by atoms with van der Waals surface area (Å²) in [4.78, 5) is 13.9. The van der Waals surface area contributed by atoms with Crippen molar-refractivity contribution in [1.29, 1.82) is 0 Å². The van der Waals surface area contributed by atoms with Crippen LogP contribution in [0.4, 0.5) is 0 Å². The second kappa shape index (κ2) is 11.5. The third-order valence-electron chi connectivity index (χ3n) is 6.80. The molecule has 192 valence electrons. The van der Waals surface area contributed by atoms with Gasteiger partial charge in [-0.05, 0) is 96.6 Å². The van der Waals surface area contributed by atoms with E-state index in [1.807, 2.05) is 48.5 Å². The number of rotatable bonds is 9. The van der Waals surface area contributed by atoms with Crippen LogP contribution in [0.2, 0.25) is 0 Å². The van der Waals surface area contributed by atoms with Crippen molar-refractivity contribution in [3.8, 4) is 23.0 Å². The number of hydrogen-bond donors (Lipinski definition) is 0. The summed E-state index contributed by atoms with van der Waals surface area (Å²) in [7, 11) is 0. The number of benzene rings is 3. The lowest BCUT2D eigenvalue weighted by molar-refractivity contribution is -0.131. The van der Waals surface area contributed by atoms with E-state index < -0.39 is 0 Å². The Morgan fingerprint density at radius 3 is 2.11 bits per heavy atom. The number of ether oxygens (including phenoxy) is 4. The van der Waals surface area contributed by atoms with Gasteiger partial charge in [0, 0.05) is 13.5 Å². The van der Waals surface area contributed by atoms with Crippen LogP contribution in [-0.4, -0.2) is 43.9 Å². The fourth-order valence-electron chi connectivity index (χ4n) is 5.00. The molecule has 0 amide bonds. The molecular formula is C31H33NO5. The van der Waals surface area contributed by atoms with Crippen LogP contribution in [0.25, 0.3) is 11.1 Å². The van der Waals surface area contributed by atoms with E-state index in [1.165, 1.54) is 38.4 Å². The Labute approximate surface area is 218 Å². The molecule has 3 aromatic carbocycles. The minimum Gasteiger partial charge on any atom is -0.492 e. The number of carbonyl (C=O) groups excluding carboxylic acids is 1. The van der Waals surface area contributed by atoms with Crippen molar-refractivity contribution >= 4 is 17.1 Å². The highest BCUT2D eigenvalue weighted by molar-refractivity contribution is 5.99. The Morgan fingerprint density at radius 1 is 0.838 bits per heavy atom. The highest BCUT2D eigenvalue weighted by atomic mass is 16.7. The summed E-state index contributed by atoms with van der Waals surface area (Å²) in [5, 5.41) is 0. The van der Waals surface area contributed by atoms with Gasteiger partial charge in [-0.3, -0.25) is 9.69 Å². The van der Waals surface area contributed by atoms with Gasteiger partial charge in [-0.2, -0.15) is 0 Å². The Bertz CT molecular complexity index is 1260. The summed E-state index contributed by atoms with van der Waals surface area (Å²) in [6, 6.07) is 22.1. The average Bonchev–Trinajstić information content (AvgIpc) is 3.60. The Hall–Kier alpha value is -3.77. The van der Waals surface area contributed by atoms with E-state index in [0.717, 1.165) is 52.5 Å². The molecule has 0 saturated carbocycles. The Morgan fingerprint density at radius 2 is 1.46 bits per heavy atom. The van der Waals surface area contributed by atoms with Crippen molar-refractivity contribution in [3.05, 3.63) is 83.4 Å². The van der Waals surface area contributed by atoms with Gasteiger partial charge < -0.3 is 18.9 Å². The molecule has 0 aliphatic carbocycles. The number of likely N-dealkylation sites (tertiary alicyclic amines) is 1. The summed E-state index contributed by atoms with van der Waals surface area (Å²) in [6.45, 7) is 7.81. The van der Waals surface area contributed by atoms with Crippen LogP contribution < -0.4 is 18.9 Å². The lowest BCUT2D eigenvalue weighted by Gasteiger charge is -2.18. The molecule has 2 aliphatic rings. The van der Waals surface area contributed by atoms with Gasteiger partial charge in [0.1, 0.15) is 18.1 Å². The Kier molecular flexibility index (Phi) is 7.76. The predicted molar refractivity (Wildman–Crippen MR) is 144 cm³/mol. The lowest BCUT2D eigenvalue weighted by Crippen LogP contribution is -2.25. The first-order valence-corrected chi connectivity index (χ1v) is 13.0. The van der Waals surface area contributed by atoms with Crippen LogP contribution in [-0.2, 0) is 4.79 Å². The average molecular weight is 500 g/mol. The molecule has 5 rings (SSSR count). The van der Waals surface area contributed by atoms with Crippen molar-refractivity contribution in [3.63, 3.8) is 0 Å². The van der Waals surface area contributed by atoms with Gasteiger partial charge in [-0.1, -0.05) is 37.3 Å². The first kappa shape index (κ1) is 24.9. The van der Waals surface area contributed by atoms with E-state index in [0.29, 0.717) is 12.4 Å². The zero-order valence-corrected chi connectivity index (χ0v) is 21.5. The van der Waals surface area contributed by atoms with Gasteiger partial charge in [0.15, 0.2) is 11.5 Å². The van der Waals surface area contributed by atoms with Crippen molar-refractivity contribution < 1.29 is 23.7 Å². The van der Waals surface area contributed by atoms with Crippen LogP contribution >= 0.6 is 0 Å². The molecule has 0 unspecified atom stereocenters. The number of allylic oxidation sites excluding steroid dienone is 1. The van der Waals surface area contributed by atoms with Crippen molar-refractivity contribution in [1.82, 2.24) is 4.90 Å². The molecule has 6 nitrogen and oxygen atoms in total. The van der Waals surface area contributed by atoms with Crippen LogP contribution in [0.1, 0.15) is 49.8 Å². The topological polar surface area (TPSA) is 57.2 Å². The van der Waals surface area contributed by atoms with E-state index in [4.69, 9.17) is 18.9 Å². The maximum Gasteiger partial charge on any atom is 0.308 e. The molecule has 0 N–H and O–H groups in total. The molecule has 0 radical (unpaired) electrons. The van der Waals surface area contributed by atoms with E-state index in [2.05, 4.69) is 30.0 Å². The molecule has 37 heavy (non-hydrogen) atoms. The van der Waals surface area contributed by atoms with E-state index in [9.17, 15) is 4.79 Å². The zero-order valence-electron chi connectivity index (χ0n) is 21.5. The van der Waals surface area contributed by atoms with Gasteiger partial charge in [-0.25, -0.2) is 0 Å². The monoisotopic (exact) mass is 499 g/mol. The minimum atomic E-state index is -0.335. The third kappa shape index (κ3) is 5.97. The Balaban J connectivity index is 1.47. The molecule has 1 saturated heterocycles. The van der Waals surface area contributed by atoms with E-state index >= 15 is 0 Å². The largest absolute Gasteiger partial charge is 0.492 e. The molecular weight excluding hydrogens is 466 g/mol. The van der Waals surface area contributed by atoms with Gasteiger partial charge in [-0.15, -0.1) is 0 Å². The van der Waals surface area contributed by atoms with Crippen LogP contribution in [0.3, 0.4) is 0 Å². The second-order valence-corrected chi connectivity index (χ2v) is 9.31. The van der Waals surface area contributed by atoms with Gasteiger partial charge in [0.25, 0.3) is 0 Å². The maximum atomic E-state index is 11.4. The maximum absolute atomic E-state index is 11.4. The standard InChI is InChI=1S/C31H33NO5/c1-3-28(25-10-15-29-30(20-25)36-21-35-29)31(24-8-13-27(14-9-24)37-22(2)33)23-6-11-26(12-7-23)34-19-18-32-16-4-5-17-32/h6-15,20H,3-5,16-19,21H2,1-2H3/b31-28+. The minimum absolute atomic E-state index is 0.244. The van der Waals surface area contributed by atoms with Crippen LogP contribution in [0, 0.1) is 0 Å². The van der Waals surface area contributed by atoms with Crippen LogP contribution in [0.15, 0.2) is 66.7 Å². The van der Waals surface area contributed by atoms with E-state index in [1.54, 1.807) is 0 Å². The highest BCUT2D eigenvalue weighted by Gasteiger charge is 2.18. The van der Waals surface area contributed by atoms with Crippen LogP contribution in [0.5, 0.6) is 23.0 Å². The fourth-order valence-corrected chi connectivity index (χ4v) is 5.00. The molecule has 0 atom stereocenters. The lowest BCUT2D eigenvalue weighted by atomic mass is 9.88. The molecule has 0 bridgehead atoms. The molecule has 0 spiro atoms. The van der Waals surface area contributed by atoms with Crippen molar-refractivity contribution in [2.75, 3.05) is 33.0 Å². The van der Waals surface area contributed by atoms with Crippen molar-refractivity contribution in [2.45, 2.75) is 33.1 Å². The zero-order chi connectivity index (χ0) is 25.6. The summed E-state index contributed by atoms with van der Waals surface area (Å²) in [5.74, 6) is 2.59. The summed E-state index contributed by atoms with van der Waals surface area (Å²) in [5.41, 5.74) is 5.49. The van der Waals surface area contributed by atoms with Gasteiger partial charge >= 0.3 is 5.97 Å². The van der Waals surface area contributed by atoms with E-state index in [-0.39, 0.29) is 12.8 Å². The number of carbonyl (C=O) groups is 1. The number of esters is 1. The SMILES string of the molecule is CC/C(=C(/c1ccc(OCCN2CCCC2)cc1)c1ccc(OC(C)=O)cc1)c1ccc2c(c1)OCO2. The molecule has 6 heteroatoms. The van der Waals surface area contributed by atoms with Crippen molar-refractivity contribution in [2.24, 2.45) is 0 Å². The van der Waals surface area contributed by atoms with Gasteiger partial charge in [0.05, 0.1) is 0 Å². The first-order chi connectivity index (χ1) is 18.1. The molecule has 1 fully saturated rings. The summed E-state index contributed by atoms with van der Waals surface area (Å²) >= 11 is 0. The summed E-state index contributed by atoms with van der Waals surface area (Å²) in [6.07, 6.45) is 3.39. The number of fused-ring (bicyclic) bond motifs is 1. The second-order valence-electron chi connectivity index (χ2n) is 9.31. The molecule has 2 heterocycles. The smallest absolute Gasteiger partial charge is 0.308 e. The fraction of sp³-hybridized carbons (Fsp3) is 0.323. The predicted octanol–water partition coefficient (Wildman–Crippen LogP) is 6.18. The quantitative estimate of drug-likeness (QED) is 0.199. The normalized spacial score (nSPS) is 15.4. The summed E-state index contributed by atoms with van der Waals surface area (Å²) < 4.78 is 22.5. The van der Waals surface area contributed by atoms with Gasteiger partial charge in [0.2, 0.25) is 6.79 Å².